The highest BCUT2D eigenvalue weighted by Gasteiger charge is 2.51. The third kappa shape index (κ3) is 4.54. The lowest BCUT2D eigenvalue weighted by Gasteiger charge is -2.16. The monoisotopic (exact) mass is 480 g/mol. The Morgan fingerprint density at radius 3 is 2.08 bits per heavy atom. The fraction of sp³-hybridized carbons (Fsp3) is 0.233. The molecule has 0 bridgehead atoms. The number of carboxylic acids is 1. The van der Waals surface area contributed by atoms with Gasteiger partial charge in [0.25, 0.3) is 0 Å². The second kappa shape index (κ2) is 9.46. The molecular weight excluding hydrogens is 452 g/mol. The van der Waals surface area contributed by atoms with Crippen LogP contribution in [-0.4, -0.2) is 29.4 Å². The van der Waals surface area contributed by atoms with Crippen molar-refractivity contribution in [3.63, 3.8) is 0 Å². The molecule has 1 unspecified atom stereocenters. The van der Waals surface area contributed by atoms with Crippen molar-refractivity contribution in [2.75, 3.05) is 6.54 Å². The summed E-state index contributed by atoms with van der Waals surface area (Å²) in [5, 5.41) is 12.4. The van der Waals surface area contributed by atoms with Crippen molar-refractivity contribution in [3.05, 3.63) is 101 Å². The summed E-state index contributed by atoms with van der Waals surface area (Å²) >= 11 is 0. The Labute approximate surface area is 210 Å². The number of ether oxygens (including phenoxy) is 1. The zero-order valence-electron chi connectivity index (χ0n) is 20.3. The number of aliphatic carboxylic acids is 1. The molecule has 1 saturated carbocycles. The number of hydrogen-bond acceptors (Lipinski definition) is 4. The Hall–Kier alpha value is -4.19. The van der Waals surface area contributed by atoms with Gasteiger partial charge in [-0.15, -0.1) is 0 Å². The van der Waals surface area contributed by atoms with Crippen molar-refractivity contribution in [1.29, 1.82) is 0 Å². The van der Waals surface area contributed by atoms with Gasteiger partial charge >= 0.3 is 12.1 Å². The first-order chi connectivity index (χ1) is 17.4. The average Bonchev–Trinajstić information content (AvgIpc) is 3.64. The van der Waals surface area contributed by atoms with Crippen LogP contribution in [0.25, 0.3) is 16.7 Å². The summed E-state index contributed by atoms with van der Waals surface area (Å²) in [7, 11) is 0. The predicted octanol–water partition coefficient (Wildman–Crippen LogP) is 6.14. The van der Waals surface area contributed by atoms with E-state index in [1.807, 2.05) is 92.7 Å². The zero-order valence-corrected chi connectivity index (χ0v) is 20.3. The lowest BCUT2D eigenvalue weighted by atomic mass is 9.93. The summed E-state index contributed by atoms with van der Waals surface area (Å²) < 4.78 is 5.58. The van der Waals surface area contributed by atoms with Crippen LogP contribution >= 0.6 is 0 Å². The molecular formula is C30H28N2O4. The highest BCUT2D eigenvalue weighted by atomic mass is 16.6. The number of allylic oxidation sites excluding steroid dienone is 1. The zero-order chi connectivity index (χ0) is 25.3. The number of alkyl carbamates (subject to hydrolysis) is 1. The topological polar surface area (TPSA) is 88.0 Å². The smallest absolute Gasteiger partial charge is 0.412 e. The first-order valence-electron chi connectivity index (χ1n) is 12.1. The van der Waals surface area contributed by atoms with E-state index in [1.54, 1.807) is 0 Å². The number of benzene rings is 3. The third-order valence-corrected chi connectivity index (χ3v) is 7.08. The molecule has 1 fully saturated rings. The maximum absolute atomic E-state index is 12.6. The molecule has 6 nitrogen and oxygen atoms in total. The molecule has 3 aromatic rings. The number of aliphatic imine (C=N–C) groups is 1. The lowest BCUT2D eigenvalue weighted by molar-refractivity contribution is -0.140. The van der Waals surface area contributed by atoms with Gasteiger partial charge in [-0.1, -0.05) is 78.9 Å². The van der Waals surface area contributed by atoms with E-state index < -0.39 is 17.5 Å². The normalized spacial score (nSPS) is 16.8. The quantitative estimate of drug-likeness (QED) is 0.425. The Bertz CT molecular complexity index is 1350. The molecule has 1 amide bonds. The average molecular weight is 481 g/mol. The van der Waals surface area contributed by atoms with Gasteiger partial charge in [-0.25, -0.2) is 4.79 Å². The van der Waals surface area contributed by atoms with Crippen molar-refractivity contribution in [2.24, 2.45) is 4.99 Å². The molecule has 2 N–H and O–H groups in total. The van der Waals surface area contributed by atoms with Crippen LogP contribution in [0.3, 0.4) is 0 Å². The lowest BCUT2D eigenvalue weighted by Crippen LogP contribution is -2.27. The predicted molar refractivity (Wildman–Crippen MR) is 140 cm³/mol. The maximum atomic E-state index is 12.6. The van der Waals surface area contributed by atoms with Crippen LogP contribution in [0, 0.1) is 0 Å². The molecule has 0 radical (unpaired) electrons. The highest BCUT2D eigenvalue weighted by molar-refractivity contribution is 6.10. The Morgan fingerprint density at radius 2 is 1.50 bits per heavy atom. The van der Waals surface area contributed by atoms with Gasteiger partial charge in [-0.3, -0.25) is 15.1 Å². The molecule has 0 saturated heterocycles. The molecule has 0 aromatic heterocycles. The maximum Gasteiger partial charge on any atom is 0.412 e. The van der Waals surface area contributed by atoms with Crippen LogP contribution in [0.5, 0.6) is 0 Å². The van der Waals surface area contributed by atoms with Crippen molar-refractivity contribution in [2.45, 2.75) is 38.2 Å². The minimum absolute atomic E-state index is 0.370. The first kappa shape index (κ1) is 23.5. The number of rotatable bonds is 7. The van der Waals surface area contributed by atoms with Gasteiger partial charge in [-0.2, -0.15) is 0 Å². The molecule has 182 valence electrons. The molecule has 1 atom stereocenters. The summed E-state index contributed by atoms with van der Waals surface area (Å²) in [4.78, 5) is 28.7. The second-order valence-corrected chi connectivity index (χ2v) is 9.38. The Morgan fingerprint density at radius 1 is 0.917 bits per heavy atom. The molecule has 0 spiro atoms. The van der Waals surface area contributed by atoms with E-state index in [2.05, 4.69) is 10.3 Å². The van der Waals surface area contributed by atoms with Gasteiger partial charge in [-0.05, 0) is 54.5 Å². The van der Waals surface area contributed by atoms with E-state index in [4.69, 9.17) is 4.74 Å². The Kier molecular flexibility index (Phi) is 6.18. The van der Waals surface area contributed by atoms with Gasteiger partial charge in [0.1, 0.15) is 6.10 Å². The van der Waals surface area contributed by atoms with Crippen LogP contribution in [0.15, 0.2) is 89.6 Å². The molecule has 36 heavy (non-hydrogen) atoms. The highest BCUT2D eigenvalue weighted by Crippen LogP contribution is 2.48. The number of nitrogens with zero attached hydrogens (tertiary/aromatic N) is 1. The van der Waals surface area contributed by atoms with Crippen LogP contribution in [0.1, 0.15) is 49.5 Å². The van der Waals surface area contributed by atoms with Crippen molar-refractivity contribution < 1.29 is 19.4 Å². The molecule has 6 heteroatoms. The number of hydrogen-bond donors (Lipinski definition) is 2. The molecule has 2 aliphatic rings. The van der Waals surface area contributed by atoms with E-state index in [1.165, 1.54) is 0 Å². The van der Waals surface area contributed by atoms with E-state index >= 15 is 0 Å². The van der Waals surface area contributed by atoms with E-state index in [0.717, 1.165) is 39.1 Å². The molecule has 1 heterocycles. The van der Waals surface area contributed by atoms with E-state index in [-0.39, 0.29) is 6.10 Å². The molecule has 1 aliphatic carbocycles. The van der Waals surface area contributed by atoms with Crippen molar-refractivity contribution >= 4 is 23.3 Å². The number of carbonyl (C=O) groups is 2. The SMILES string of the molecule is CC1=NCC(c2ccc(-c3ccc(C4(C(=O)O)CC4)cc3)cc2)=C1NC(=O)OC(C)c1ccccc1. The van der Waals surface area contributed by atoms with Crippen molar-refractivity contribution in [3.8, 4) is 11.1 Å². The third-order valence-electron chi connectivity index (χ3n) is 7.08. The van der Waals surface area contributed by atoms with Crippen LogP contribution in [0.2, 0.25) is 0 Å². The molecule has 5 rings (SSSR count). The minimum Gasteiger partial charge on any atom is -0.481 e. The van der Waals surface area contributed by atoms with Gasteiger partial charge in [0.2, 0.25) is 0 Å². The van der Waals surface area contributed by atoms with Crippen LogP contribution in [0.4, 0.5) is 4.79 Å². The Balaban J connectivity index is 1.30. The van der Waals surface area contributed by atoms with Gasteiger partial charge in [0, 0.05) is 5.57 Å². The fourth-order valence-electron chi connectivity index (χ4n) is 4.66. The summed E-state index contributed by atoms with van der Waals surface area (Å²) in [6, 6.07) is 25.5. The second-order valence-electron chi connectivity index (χ2n) is 9.38. The largest absolute Gasteiger partial charge is 0.481 e. The summed E-state index contributed by atoms with van der Waals surface area (Å²) in [6.07, 6.45) is 0.510. The summed E-state index contributed by atoms with van der Waals surface area (Å²) in [5.74, 6) is -0.746. The van der Waals surface area contributed by atoms with Crippen LogP contribution < -0.4 is 5.32 Å². The summed E-state index contributed by atoms with van der Waals surface area (Å²) in [5.41, 5.74) is 6.52. The molecule has 1 aliphatic heterocycles. The van der Waals surface area contributed by atoms with Gasteiger partial charge in [0.15, 0.2) is 0 Å². The van der Waals surface area contributed by atoms with Gasteiger partial charge in [0.05, 0.1) is 23.4 Å². The fourth-order valence-corrected chi connectivity index (χ4v) is 4.66. The minimum atomic E-state index is -0.746. The van der Waals surface area contributed by atoms with Crippen LogP contribution in [-0.2, 0) is 14.9 Å². The number of carboxylic acid groups (broad SMARTS) is 1. The molecule has 3 aromatic carbocycles. The van der Waals surface area contributed by atoms with E-state index in [0.29, 0.717) is 25.1 Å². The number of nitrogens with one attached hydrogen (secondary N) is 1. The van der Waals surface area contributed by atoms with Gasteiger partial charge < -0.3 is 9.84 Å². The standard InChI is InChI=1S/C30H28N2O4/c1-19-27(32-29(35)36-20(2)21-6-4-3-5-7-21)26(18-31-19)24-10-8-22(9-11-24)23-12-14-25(15-13-23)30(16-17-30)28(33)34/h3-15,20H,16-18H2,1-2H3,(H,32,35)(H,33,34). The summed E-state index contributed by atoms with van der Waals surface area (Å²) in [6.45, 7) is 4.21. The number of carbonyl (C=O) groups excluding carboxylic acids is 1. The first-order valence-corrected chi connectivity index (χ1v) is 12.1. The van der Waals surface area contributed by atoms with E-state index in [9.17, 15) is 14.7 Å². The van der Waals surface area contributed by atoms with Crippen molar-refractivity contribution in [1.82, 2.24) is 5.32 Å². The number of amides is 1.